The first kappa shape index (κ1) is 64.9. The molecule has 17 nitrogen and oxygen atoms in total. The van der Waals surface area contributed by atoms with E-state index in [1.807, 2.05) is 47.2 Å². The van der Waals surface area contributed by atoms with Gasteiger partial charge in [0.05, 0.1) is 21.7 Å². The Morgan fingerprint density at radius 1 is 0.798 bits per heavy atom. The number of hydrogen-bond acceptors (Lipinski definition) is 15. The molecule has 3 N–H and O–H groups in total. The number of rotatable bonds is 20. The molecule has 0 bridgehead atoms. The van der Waals surface area contributed by atoms with Crippen molar-refractivity contribution in [1.82, 2.24) is 29.6 Å². The summed E-state index contributed by atoms with van der Waals surface area (Å²) in [4.78, 5) is 73.3. The Hall–Kier alpha value is -7.04. The number of hydrogen-bond donors (Lipinski definition) is 3. The van der Waals surface area contributed by atoms with Crippen LogP contribution in [0.15, 0.2) is 136 Å². The molecule has 89 heavy (non-hydrogen) atoms. The second-order valence-corrected chi connectivity index (χ2v) is 28.9. The van der Waals surface area contributed by atoms with Gasteiger partial charge in [-0.05, 0) is 140 Å². The molecule has 1 aliphatic carbocycles. The average Bonchev–Trinajstić information content (AvgIpc) is 1.62. The molecule has 10 rings (SSSR count). The number of unbranched alkanes of at least 4 members (excludes halogenated alkanes) is 1. The highest BCUT2D eigenvalue weighted by molar-refractivity contribution is 7.99. The first-order valence-corrected chi connectivity index (χ1v) is 34.1. The van der Waals surface area contributed by atoms with Gasteiger partial charge in [0.25, 0.3) is 37.6 Å². The zero-order valence-electron chi connectivity index (χ0n) is 49.4. The van der Waals surface area contributed by atoms with Gasteiger partial charge in [-0.2, -0.15) is 13.2 Å². The van der Waals surface area contributed by atoms with Crippen molar-refractivity contribution in [3.05, 3.63) is 154 Å². The maximum atomic E-state index is 14.5. The molecular formula is C65H70ClF3N8O9S3. The summed E-state index contributed by atoms with van der Waals surface area (Å²) in [5.74, 6) is 3.03. The number of benzene rings is 5. The predicted molar refractivity (Wildman–Crippen MR) is 337 cm³/mol. The van der Waals surface area contributed by atoms with Gasteiger partial charge in [0.1, 0.15) is 10.9 Å². The van der Waals surface area contributed by atoms with Gasteiger partial charge in [-0.25, -0.2) is 21.6 Å². The number of imide groups is 2. The lowest BCUT2D eigenvalue weighted by molar-refractivity contribution is -0.136. The molecule has 1 unspecified atom stereocenters. The van der Waals surface area contributed by atoms with E-state index in [0.29, 0.717) is 87.5 Å². The maximum absolute atomic E-state index is 14.5. The fourth-order valence-electron chi connectivity index (χ4n) is 12.1. The third kappa shape index (κ3) is 15.6. The van der Waals surface area contributed by atoms with Crippen molar-refractivity contribution in [2.45, 2.75) is 97.5 Å². The largest absolute Gasteiger partial charge is 0.501 e. The SMILES string of the molecule is CC1(C)CCC(c2ccc(Cl)cc2)=C(CN2CCN(c3ccc(C(=O)NS(=O)(=O)c4ccc(N[C@H](CCN5CCN(CCCC#Cc6cccc7c6C(=O)N(C6CCC(=O)NC6=O)C7=O)CC5)CSc5ccccc5)c(S(=O)(=O)C(F)(F)F)c4)cc3)CC2)C1. The number of piperazine rings is 2. The number of nitrogens with zero attached hydrogens (tertiary/aromatic N) is 5. The lowest BCUT2D eigenvalue weighted by Gasteiger charge is -2.39. The average molecular weight is 1300 g/mol. The summed E-state index contributed by atoms with van der Waals surface area (Å²) in [5, 5.41) is 5.93. The van der Waals surface area contributed by atoms with Gasteiger partial charge in [-0.3, -0.25) is 39.1 Å². The van der Waals surface area contributed by atoms with Gasteiger partial charge in [-0.15, -0.1) is 11.8 Å². The van der Waals surface area contributed by atoms with Gasteiger partial charge < -0.3 is 20.0 Å². The standard InChI is InChI=1S/C65H70ClF3N8O9S3/c1-64(2)29-27-53(44-15-19-48(66)20-16-44)47(41-64)42-75-36-38-76(39-37-75)50-21-17-46(18-22-50)60(79)72-89(85,86)52-23-24-55(57(40-52)88(83,84)65(67,68)69)70-49(43-87-51-12-6-3-7-13-51)28-31-74-34-32-73(33-35-74)30-8-4-5-10-45-11-9-14-54-59(45)63(82)77(62(54)81)56-25-26-58(78)71-61(56)80/h3,6-7,9,11-24,40,49,56,70H,4,8,25-39,41-43H2,1-2H3,(H,72,79)(H,71,78,80)/t49-,56?/m1/s1. The van der Waals surface area contributed by atoms with Gasteiger partial charge >= 0.3 is 5.51 Å². The normalized spacial score (nSPS) is 19.1. The number of carbonyl (C=O) groups excluding carboxylic acids is 5. The van der Waals surface area contributed by atoms with Crippen LogP contribution in [0, 0.1) is 17.3 Å². The molecule has 0 spiro atoms. The van der Waals surface area contributed by atoms with E-state index >= 15 is 0 Å². The molecule has 3 saturated heterocycles. The highest BCUT2D eigenvalue weighted by Crippen LogP contribution is 2.43. The Morgan fingerprint density at radius 2 is 1.48 bits per heavy atom. The zero-order chi connectivity index (χ0) is 63.3. The smallest absolute Gasteiger partial charge is 0.380 e. The summed E-state index contributed by atoms with van der Waals surface area (Å²) in [6, 6.07) is 29.2. The molecule has 5 amide bonds. The number of amides is 5. The third-order valence-corrected chi connectivity index (χ3v) is 21.3. The van der Waals surface area contributed by atoms with Crippen LogP contribution in [-0.2, 0) is 29.4 Å². The number of piperidine rings is 1. The molecule has 0 radical (unpaired) electrons. The summed E-state index contributed by atoms with van der Waals surface area (Å²) in [5.41, 5.74) is -0.578. The number of anilines is 2. The van der Waals surface area contributed by atoms with Crippen LogP contribution in [0.2, 0.25) is 5.02 Å². The predicted octanol–water partition coefficient (Wildman–Crippen LogP) is 9.35. The van der Waals surface area contributed by atoms with Crippen molar-refractivity contribution in [3.63, 3.8) is 0 Å². The topological polar surface area (TPSA) is 206 Å². The molecule has 24 heteroatoms. The molecule has 4 aliphatic heterocycles. The Labute approximate surface area is 526 Å². The summed E-state index contributed by atoms with van der Waals surface area (Å²) < 4.78 is 99.8. The van der Waals surface area contributed by atoms with Gasteiger partial charge in [0.15, 0.2) is 0 Å². The number of alkyl halides is 3. The third-order valence-electron chi connectivity index (χ3n) is 17.0. The zero-order valence-corrected chi connectivity index (χ0v) is 52.6. The minimum Gasteiger partial charge on any atom is -0.380 e. The van der Waals surface area contributed by atoms with Crippen LogP contribution in [0.4, 0.5) is 24.5 Å². The Bertz CT molecular complexity index is 3830. The first-order valence-electron chi connectivity index (χ1n) is 29.7. The number of sulfonamides is 1. The van der Waals surface area contributed by atoms with Gasteiger partial charge in [0.2, 0.25) is 11.8 Å². The molecule has 0 saturated carbocycles. The van der Waals surface area contributed by atoms with E-state index in [9.17, 15) is 54.0 Å². The number of nitrogens with one attached hydrogen (secondary N) is 3. The van der Waals surface area contributed by atoms with Crippen LogP contribution in [0.3, 0.4) is 0 Å². The molecule has 5 aliphatic rings. The lowest BCUT2D eigenvalue weighted by Crippen LogP contribution is -2.54. The Kier molecular flexibility index (Phi) is 20.1. The minimum atomic E-state index is -6.15. The van der Waals surface area contributed by atoms with Crippen molar-refractivity contribution in [2.24, 2.45) is 5.41 Å². The first-order chi connectivity index (χ1) is 42.4. The van der Waals surface area contributed by atoms with Gasteiger partial charge in [0, 0.05) is 117 Å². The molecule has 5 aromatic carbocycles. The van der Waals surface area contributed by atoms with Crippen LogP contribution in [0.5, 0.6) is 0 Å². The summed E-state index contributed by atoms with van der Waals surface area (Å²) in [6.07, 6.45) is 4.72. The van der Waals surface area contributed by atoms with Crippen LogP contribution >= 0.6 is 23.4 Å². The van der Waals surface area contributed by atoms with E-state index in [4.69, 9.17) is 11.6 Å². The Balaban J connectivity index is 0.741. The Morgan fingerprint density at radius 3 is 2.17 bits per heavy atom. The molecule has 470 valence electrons. The number of sulfone groups is 1. The molecule has 0 aromatic heterocycles. The second-order valence-electron chi connectivity index (χ2n) is 23.8. The fraction of sp³-hybridized carbons (Fsp3) is 0.400. The van der Waals surface area contributed by atoms with Crippen molar-refractivity contribution < 1.29 is 54.0 Å². The molecule has 3 fully saturated rings. The van der Waals surface area contributed by atoms with E-state index in [1.54, 1.807) is 24.3 Å². The van der Waals surface area contributed by atoms with E-state index in [0.717, 1.165) is 73.1 Å². The molecule has 2 atom stereocenters. The van der Waals surface area contributed by atoms with Gasteiger partial charge in [-0.1, -0.05) is 79.3 Å². The number of thioether (sulfide) groups is 1. The maximum Gasteiger partial charge on any atom is 0.501 e. The van der Waals surface area contributed by atoms with Crippen molar-refractivity contribution >= 4 is 89.7 Å². The van der Waals surface area contributed by atoms with Crippen LogP contribution < -0.4 is 20.3 Å². The number of allylic oxidation sites excluding steroid dienone is 1. The summed E-state index contributed by atoms with van der Waals surface area (Å²) >= 11 is 7.63. The quantitative estimate of drug-likeness (QED) is 0.0287. The summed E-state index contributed by atoms with van der Waals surface area (Å²) in [6.45, 7) is 12.4. The van der Waals surface area contributed by atoms with E-state index in [2.05, 4.69) is 68.1 Å². The highest BCUT2D eigenvalue weighted by Gasteiger charge is 2.49. The van der Waals surface area contributed by atoms with Crippen LogP contribution in [-0.4, -0.2) is 161 Å². The van der Waals surface area contributed by atoms with E-state index in [1.165, 1.54) is 46.7 Å². The number of fused-ring (bicyclic) bond motifs is 1. The van der Waals surface area contributed by atoms with Crippen molar-refractivity contribution in [1.29, 1.82) is 0 Å². The number of halogens is 4. The molecule has 5 aromatic rings. The monoisotopic (exact) mass is 1290 g/mol. The highest BCUT2D eigenvalue weighted by atomic mass is 35.5. The second kappa shape index (κ2) is 27.6. The van der Waals surface area contributed by atoms with Crippen molar-refractivity contribution in [3.8, 4) is 11.8 Å². The van der Waals surface area contributed by atoms with Crippen LogP contribution in [0.1, 0.15) is 107 Å². The van der Waals surface area contributed by atoms with Crippen LogP contribution in [0.25, 0.3) is 5.57 Å². The molecular weight excluding hydrogens is 1230 g/mol. The molecule has 4 heterocycles. The lowest BCUT2D eigenvalue weighted by atomic mass is 9.73. The fourth-order valence-corrected chi connectivity index (χ4v) is 15.2. The number of carbonyl (C=O) groups is 5. The van der Waals surface area contributed by atoms with E-state index < -0.39 is 82.5 Å². The summed E-state index contributed by atoms with van der Waals surface area (Å²) in [7, 11) is -11.1. The minimum absolute atomic E-state index is 0.0113. The van der Waals surface area contributed by atoms with Crippen molar-refractivity contribution in [2.75, 3.05) is 88.0 Å². The van der Waals surface area contributed by atoms with E-state index in [-0.39, 0.29) is 34.9 Å².